The summed E-state index contributed by atoms with van der Waals surface area (Å²) in [7, 11) is -3.18. The van der Waals surface area contributed by atoms with Crippen LogP contribution in [0.3, 0.4) is 0 Å². The number of halogens is 1. The molecule has 1 saturated heterocycles. The lowest BCUT2D eigenvalue weighted by atomic mass is 10.3. The molecule has 10 heteroatoms. The van der Waals surface area contributed by atoms with E-state index in [-0.39, 0.29) is 5.82 Å². The fraction of sp³-hybridized carbons (Fsp3) is 0.312. The predicted octanol–water partition coefficient (Wildman–Crippen LogP) is 1.01. The monoisotopic (exact) mass is 376 g/mol. The van der Waals surface area contributed by atoms with Gasteiger partial charge in [0.05, 0.1) is 12.5 Å². The van der Waals surface area contributed by atoms with E-state index >= 15 is 0 Å². The lowest BCUT2D eigenvalue weighted by molar-refractivity contribution is 0.387. The van der Waals surface area contributed by atoms with E-state index in [4.69, 9.17) is 0 Å². The molecule has 1 fully saturated rings. The second-order valence-corrected chi connectivity index (χ2v) is 8.09. The Hall–Kier alpha value is -2.59. The van der Waals surface area contributed by atoms with Crippen LogP contribution in [0.15, 0.2) is 36.8 Å². The molecule has 0 N–H and O–H groups in total. The first-order chi connectivity index (χ1) is 12.4. The van der Waals surface area contributed by atoms with E-state index in [1.165, 1.54) is 22.8 Å². The quantitative estimate of drug-likeness (QED) is 0.678. The number of aromatic nitrogens is 4. The second-order valence-electron chi connectivity index (χ2n) is 6.11. The number of rotatable bonds is 3. The Morgan fingerprint density at radius 2 is 1.85 bits per heavy atom. The van der Waals surface area contributed by atoms with Gasteiger partial charge >= 0.3 is 0 Å². The van der Waals surface area contributed by atoms with E-state index in [0.717, 1.165) is 0 Å². The van der Waals surface area contributed by atoms with Crippen molar-refractivity contribution in [3.63, 3.8) is 0 Å². The summed E-state index contributed by atoms with van der Waals surface area (Å²) in [6, 6.07) is 4.72. The van der Waals surface area contributed by atoms with Gasteiger partial charge in [0.1, 0.15) is 23.0 Å². The number of hydrogen-bond donors (Lipinski definition) is 0. The normalized spacial score (nSPS) is 16.3. The van der Waals surface area contributed by atoms with Gasteiger partial charge in [0.15, 0.2) is 5.82 Å². The van der Waals surface area contributed by atoms with E-state index in [2.05, 4.69) is 15.0 Å². The van der Waals surface area contributed by atoms with Crippen LogP contribution in [0, 0.1) is 5.82 Å². The highest BCUT2D eigenvalue weighted by Crippen LogP contribution is 2.21. The Kier molecular flexibility index (Phi) is 4.08. The molecular formula is C16H17FN6O2S. The van der Waals surface area contributed by atoms with Crippen LogP contribution in [0.2, 0.25) is 0 Å². The van der Waals surface area contributed by atoms with E-state index in [0.29, 0.717) is 49.2 Å². The summed E-state index contributed by atoms with van der Waals surface area (Å²) in [5.41, 5.74) is 1.20. The number of nitrogens with zero attached hydrogens (tertiary/aromatic N) is 6. The maximum Gasteiger partial charge on any atom is 0.211 e. The summed E-state index contributed by atoms with van der Waals surface area (Å²) in [5, 5.41) is 0. The summed E-state index contributed by atoms with van der Waals surface area (Å²) < 4.78 is 39.9. The van der Waals surface area contributed by atoms with E-state index < -0.39 is 10.0 Å². The minimum absolute atomic E-state index is 0.371. The molecular weight excluding hydrogens is 359 g/mol. The van der Waals surface area contributed by atoms with E-state index in [9.17, 15) is 12.8 Å². The third-order valence-electron chi connectivity index (χ3n) is 4.37. The molecule has 3 aromatic rings. The van der Waals surface area contributed by atoms with Crippen LogP contribution in [-0.2, 0) is 10.0 Å². The molecule has 0 radical (unpaired) electrons. The highest BCUT2D eigenvalue weighted by atomic mass is 32.2. The number of piperazine rings is 1. The Balaban J connectivity index is 1.62. The van der Waals surface area contributed by atoms with Gasteiger partial charge in [-0.1, -0.05) is 0 Å². The summed E-state index contributed by atoms with van der Waals surface area (Å²) in [6.45, 7) is 1.93. The molecule has 4 rings (SSSR count). The largest absolute Gasteiger partial charge is 0.354 e. The van der Waals surface area contributed by atoms with Gasteiger partial charge in [0.2, 0.25) is 10.0 Å². The lowest BCUT2D eigenvalue weighted by Crippen LogP contribution is -2.48. The molecule has 8 nitrogen and oxygen atoms in total. The Labute approximate surface area is 150 Å². The van der Waals surface area contributed by atoms with Gasteiger partial charge in [-0.05, 0) is 18.2 Å². The molecule has 0 atom stereocenters. The van der Waals surface area contributed by atoms with Gasteiger partial charge in [0.25, 0.3) is 0 Å². The first kappa shape index (κ1) is 16.9. The molecule has 0 aliphatic carbocycles. The standard InChI is InChI=1S/C16H17FN6O2S/c1-26(24,25)22-8-6-21(7-9-22)15-4-5-18-16(20-15)13-10-19-14-3-2-12(17)11-23(13)14/h2-5,10-11H,6-9H2,1H3. The lowest BCUT2D eigenvalue weighted by Gasteiger charge is -2.33. The zero-order chi connectivity index (χ0) is 18.3. The fourth-order valence-corrected chi connectivity index (χ4v) is 3.84. The van der Waals surface area contributed by atoms with Crippen molar-refractivity contribution < 1.29 is 12.8 Å². The number of hydrogen-bond acceptors (Lipinski definition) is 6. The number of sulfonamides is 1. The van der Waals surface area contributed by atoms with Crippen LogP contribution < -0.4 is 4.90 Å². The summed E-state index contributed by atoms with van der Waals surface area (Å²) >= 11 is 0. The van der Waals surface area contributed by atoms with Gasteiger partial charge in [-0.2, -0.15) is 4.31 Å². The molecule has 0 aromatic carbocycles. The highest BCUT2D eigenvalue weighted by molar-refractivity contribution is 7.88. The minimum atomic E-state index is -3.18. The SMILES string of the molecule is CS(=O)(=O)N1CCN(c2ccnc(-c3cnc4ccc(F)cn34)n2)CC1. The number of imidazole rings is 1. The minimum Gasteiger partial charge on any atom is -0.354 e. The zero-order valence-electron chi connectivity index (χ0n) is 14.1. The molecule has 26 heavy (non-hydrogen) atoms. The van der Waals surface area contributed by atoms with Crippen LogP contribution in [-0.4, -0.2) is 64.5 Å². The third kappa shape index (κ3) is 3.13. The first-order valence-electron chi connectivity index (χ1n) is 8.08. The van der Waals surface area contributed by atoms with Gasteiger partial charge in [-0.15, -0.1) is 0 Å². The van der Waals surface area contributed by atoms with E-state index in [1.54, 1.807) is 28.9 Å². The fourth-order valence-electron chi connectivity index (χ4n) is 3.02. The van der Waals surface area contributed by atoms with Crippen molar-refractivity contribution in [3.05, 3.63) is 42.6 Å². The molecule has 136 valence electrons. The Bertz CT molecular complexity index is 1060. The summed E-state index contributed by atoms with van der Waals surface area (Å²) in [6.07, 6.45) is 5.81. The molecule has 3 aromatic heterocycles. The summed E-state index contributed by atoms with van der Waals surface area (Å²) in [4.78, 5) is 15.1. The predicted molar refractivity (Wildman–Crippen MR) is 94.8 cm³/mol. The molecule has 4 heterocycles. The molecule has 0 spiro atoms. The molecule has 0 amide bonds. The van der Waals surface area contributed by atoms with Crippen LogP contribution in [0.5, 0.6) is 0 Å². The van der Waals surface area contributed by atoms with Crippen LogP contribution >= 0.6 is 0 Å². The number of pyridine rings is 1. The van der Waals surface area contributed by atoms with Gasteiger partial charge in [-0.25, -0.2) is 27.8 Å². The first-order valence-corrected chi connectivity index (χ1v) is 9.93. The molecule has 1 aliphatic heterocycles. The Morgan fingerprint density at radius 1 is 1.08 bits per heavy atom. The van der Waals surface area contributed by atoms with Gasteiger partial charge < -0.3 is 4.90 Å². The second kappa shape index (κ2) is 6.29. The average Bonchev–Trinajstić information content (AvgIpc) is 3.04. The molecule has 0 saturated carbocycles. The molecule has 0 unspecified atom stereocenters. The van der Waals surface area contributed by atoms with Crippen molar-refractivity contribution in [3.8, 4) is 11.5 Å². The third-order valence-corrected chi connectivity index (χ3v) is 5.67. The number of anilines is 1. The Morgan fingerprint density at radius 3 is 2.58 bits per heavy atom. The van der Waals surface area contributed by atoms with Crippen molar-refractivity contribution in [2.45, 2.75) is 0 Å². The average molecular weight is 376 g/mol. The van der Waals surface area contributed by atoms with E-state index in [1.807, 2.05) is 4.90 Å². The molecule has 1 aliphatic rings. The van der Waals surface area contributed by atoms with Crippen LogP contribution in [0.1, 0.15) is 0 Å². The smallest absolute Gasteiger partial charge is 0.211 e. The van der Waals surface area contributed by atoms with Crippen molar-refractivity contribution in [1.82, 2.24) is 23.7 Å². The van der Waals surface area contributed by atoms with Crippen LogP contribution in [0.4, 0.5) is 10.2 Å². The number of fused-ring (bicyclic) bond motifs is 1. The topological polar surface area (TPSA) is 83.7 Å². The maximum absolute atomic E-state index is 13.6. The van der Waals surface area contributed by atoms with Crippen molar-refractivity contribution in [2.75, 3.05) is 37.3 Å². The summed E-state index contributed by atoms with van der Waals surface area (Å²) in [5.74, 6) is 0.769. The van der Waals surface area contributed by atoms with Gasteiger partial charge in [0, 0.05) is 38.6 Å². The van der Waals surface area contributed by atoms with Crippen LogP contribution in [0.25, 0.3) is 17.2 Å². The highest BCUT2D eigenvalue weighted by Gasteiger charge is 2.24. The van der Waals surface area contributed by atoms with Gasteiger partial charge in [-0.3, -0.25) is 4.40 Å². The van der Waals surface area contributed by atoms with Crippen molar-refractivity contribution >= 4 is 21.5 Å². The maximum atomic E-state index is 13.6. The molecule has 0 bridgehead atoms. The van der Waals surface area contributed by atoms with Crippen molar-refractivity contribution in [1.29, 1.82) is 0 Å². The van der Waals surface area contributed by atoms with Crippen molar-refractivity contribution in [2.24, 2.45) is 0 Å². The zero-order valence-corrected chi connectivity index (χ0v) is 14.9.